The van der Waals surface area contributed by atoms with Crippen LogP contribution in [-0.2, 0) is 0 Å². The van der Waals surface area contributed by atoms with Crippen molar-refractivity contribution >= 4 is 5.82 Å². The summed E-state index contributed by atoms with van der Waals surface area (Å²) in [7, 11) is 0. The Morgan fingerprint density at radius 2 is 2.17 bits per heavy atom. The van der Waals surface area contributed by atoms with Crippen LogP contribution in [0, 0.1) is 0 Å². The second-order valence-corrected chi connectivity index (χ2v) is 4.54. The summed E-state index contributed by atoms with van der Waals surface area (Å²) < 4.78 is 0. The molecule has 0 atom stereocenters. The quantitative estimate of drug-likeness (QED) is 0.760. The number of aromatic amines is 1. The first-order chi connectivity index (χ1) is 8.58. The molecule has 4 heteroatoms. The van der Waals surface area contributed by atoms with Crippen LogP contribution < -0.4 is 11.0 Å². The number of H-pyrrole nitrogens is 1. The van der Waals surface area contributed by atoms with Crippen LogP contribution in [0.4, 0.5) is 5.82 Å². The molecule has 0 spiro atoms. The molecule has 1 heterocycles. The van der Waals surface area contributed by atoms with Gasteiger partial charge in [-0.05, 0) is 39.7 Å². The molecular weight excluding hydrogens is 226 g/mol. The van der Waals surface area contributed by atoms with Gasteiger partial charge in [-0.25, -0.2) is 9.78 Å². The molecule has 18 heavy (non-hydrogen) atoms. The number of rotatable bonds is 6. The van der Waals surface area contributed by atoms with Gasteiger partial charge >= 0.3 is 5.69 Å². The molecule has 0 amide bonds. The van der Waals surface area contributed by atoms with Gasteiger partial charge < -0.3 is 5.32 Å². The predicted octanol–water partition coefficient (Wildman–Crippen LogP) is 2.87. The van der Waals surface area contributed by atoms with Crippen molar-refractivity contribution in [3.8, 4) is 0 Å². The molecule has 1 aromatic heterocycles. The number of nitrogens with one attached hydrogen (secondary N) is 2. The lowest BCUT2D eigenvalue weighted by Crippen LogP contribution is -2.12. The van der Waals surface area contributed by atoms with Crippen molar-refractivity contribution in [2.75, 3.05) is 11.9 Å². The van der Waals surface area contributed by atoms with Gasteiger partial charge in [-0.3, -0.25) is 4.98 Å². The maximum absolute atomic E-state index is 11.0. The van der Waals surface area contributed by atoms with Crippen molar-refractivity contribution in [1.82, 2.24) is 9.97 Å². The number of nitrogens with zero attached hydrogens (tertiary/aromatic N) is 1. The molecule has 0 bridgehead atoms. The van der Waals surface area contributed by atoms with E-state index in [1.54, 1.807) is 6.07 Å². The Morgan fingerprint density at radius 3 is 2.83 bits per heavy atom. The van der Waals surface area contributed by atoms with Crippen molar-refractivity contribution in [2.24, 2.45) is 0 Å². The molecule has 0 radical (unpaired) electrons. The summed E-state index contributed by atoms with van der Waals surface area (Å²) in [4.78, 5) is 17.2. The molecule has 0 saturated heterocycles. The summed E-state index contributed by atoms with van der Waals surface area (Å²) in [6.45, 7) is 7.05. The van der Waals surface area contributed by atoms with Gasteiger partial charge in [0.05, 0.1) is 0 Å². The zero-order valence-corrected chi connectivity index (χ0v) is 11.3. The first-order valence-corrected chi connectivity index (χ1v) is 6.16. The van der Waals surface area contributed by atoms with Crippen LogP contribution in [0.2, 0.25) is 0 Å². The van der Waals surface area contributed by atoms with E-state index in [2.05, 4.69) is 48.2 Å². The maximum Gasteiger partial charge on any atom is 0.346 e. The van der Waals surface area contributed by atoms with Crippen LogP contribution >= 0.6 is 0 Å². The van der Waals surface area contributed by atoms with Crippen LogP contribution in [0.5, 0.6) is 0 Å². The average Bonchev–Trinajstić information content (AvgIpc) is 2.28. The normalized spacial score (nSPS) is 11.2. The lowest BCUT2D eigenvalue weighted by molar-refractivity contribution is 0.958. The highest BCUT2D eigenvalue weighted by atomic mass is 16.1. The molecule has 1 rings (SSSR count). The molecule has 0 aliphatic rings. The van der Waals surface area contributed by atoms with Crippen LogP contribution in [0.15, 0.2) is 40.4 Å². The van der Waals surface area contributed by atoms with Crippen molar-refractivity contribution in [2.45, 2.75) is 33.6 Å². The molecule has 0 unspecified atom stereocenters. The molecule has 4 nitrogen and oxygen atoms in total. The maximum atomic E-state index is 11.0. The third-order valence-electron chi connectivity index (χ3n) is 2.51. The Labute approximate surface area is 108 Å². The molecular formula is C14H21N3O. The first kappa shape index (κ1) is 14.2. The third-order valence-corrected chi connectivity index (χ3v) is 2.51. The van der Waals surface area contributed by atoms with Crippen molar-refractivity contribution in [3.05, 3.63) is 46.0 Å². The number of hydrogen-bond acceptors (Lipinski definition) is 3. The zero-order chi connectivity index (χ0) is 13.4. The highest BCUT2D eigenvalue weighted by Crippen LogP contribution is 2.06. The topological polar surface area (TPSA) is 57.8 Å². The van der Waals surface area contributed by atoms with E-state index >= 15 is 0 Å². The molecule has 0 aliphatic carbocycles. The fraction of sp³-hybridized carbons (Fsp3) is 0.429. The van der Waals surface area contributed by atoms with Crippen molar-refractivity contribution in [1.29, 1.82) is 0 Å². The standard InChI is InChI=1S/C14H21N3O/c1-11(2)5-4-6-12(3)7-9-15-13-8-10-16-14(18)17-13/h5,7-8,10H,4,6,9H2,1-3H3,(H2,15,16,17,18). The van der Waals surface area contributed by atoms with Crippen molar-refractivity contribution < 1.29 is 0 Å². The Morgan fingerprint density at radius 1 is 1.39 bits per heavy atom. The van der Waals surface area contributed by atoms with E-state index in [4.69, 9.17) is 0 Å². The Bertz CT molecular complexity index is 482. The van der Waals surface area contributed by atoms with E-state index in [0.29, 0.717) is 12.4 Å². The van der Waals surface area contributed by atoms with Gasteiger partial charge in [-0.1, -0.05) is 23.3 Å². The monoisotopic (exact) mass is 247 g/mol. The molecule has 2 N–H and O–H groups in total. The van der Waals surface area contributed by atoms with E-state index in [1.807, 2.05) is 0 Å². The van der Waals surface area contributed by atoms with Crippen LogP contribution in [0.1, 0.15) is 33.6 Å². The summed E-state index contributed by atoms with van der Waals surface area (Å²) >= 11 is 0. The second kappa shape index (κ2) is 7.48. The fourth-order valence-corrected chi connectivity index (χ4v) is 1.50. The van der Waals surface area contributed by atoms with Gasteiger partial charge in [0, 0.05) is 12.7 Å². The van der Waals surface area contributed by atoms with Crippen LogP contribution in [-0.4, -0.2) is 16.5 Å². The second-order valence-electron chi connectivity index (χ2n) is 4.54. The largest absolute Gasteiger partial charge is 0.368 e. The highest BCUT2D eigenvalue weighted by Gasteiger charge is 1.92. The average molecular weight is 247 g/mol. The van der Waals surface area contributed by atoms with Crippen LogP contribution in [0.25, 0.3) is 0 Å². The molecule has 0 saturated carbocycles. The minimum absolute atomic E-state index is 0.329. The van der Waals surface area contributed by atoms with Gasteiger partial charge in [0.1, 0.15) is 5.82 Å². The predicted molar refractivity (Wildman–Crippen MR) is 75.8 cm³/mol. The van der Waals surface area contributed by atoms with E-state index in [0.717, 1.165) is 12.8 Å². The summed E-state index contributed by atoms with van der Waals surface area (Å²) in [5, 5.41) is 3.13. The van der Waals surface area contributed by atoms with E-state index in [9.17, 15) is 4.79 Å². The van der Waals surface area contributed by atoms with E-state index in [1.165, 1.54) is 17.3 Å². The number of hydrogen-bond donors (Lipinski definition) is 2. The summed E-state index contributed by atoms with van der Waals surface area (Å²) in [5.74, 6) is 0.698. The molecule has 1 aromatic rings. The van der Waals surface area contributed by atoms with Gasteiger partial charge in [0.15, 0.2) is 0 Å². The summed E-state index contributed by atoms with van der Waals surface area (Å²) in [5.41, 5.74) is 2.37. The number of anilines is 1. The van der Waals surface area contributed by atoms with Crippen molar-refractivity contribution in [3.63, 3.8) is 0 Å². The lowest BCUT2D eigenvalue weighted by Gasteiger charge is -2.03. The zero-order valence-electron chi connectivity index (χ0n) is 11.3. The van der Waals surface area contributed by atoms with Gasteiger partial charge in [0.25, 0.3) is 0 Å². The molecule has 0 aliphatic heterocycles. The minimum Gasteiger partial charge on any atom is -0.368 e. The lowest BCUT2D eigenvalue weighted by atomic mass is 10.1. The number of allylic oxidation sites excluding steroid dienone is 3. The number of aromatic nitrogens is 2. The highest BCUT2D eigenvalue weighted by molar-refractivity contribution is 5.32. The third kappa shape index (κ3) is 6.03. The van der Waals surface area contributed by atoms with E-state index in [-0.39, 0.29) is 5.69 Å². The Balaban J connectivity index is 2.35. The molecule has 98 valence electrons. The smallest absolute Gasteiger partial charge is 0.346 e. The summed E-state index contributed by atoms with van der Waals surface area (Å²) in [6, 6.07) is 1.74. The summed E-state index contributed by atoms with van der Waals surface area (Å²) in [6.07, 6.45) is 8.02. The Hall–Kier alpha value is -1.84. The van der Waals surface area contributed by atoms with Crippen LogP contribution in [0.3, 0.4) is 0 Å². The SMILES string of the molecule is CC(C)=CCCC(C)=CCNc1ccnc(=O)[nH]1. The van der Waals surface area contributed by atoms with Gasteiger partial charge in [0.2, 0.25) is 0 Å². The molecule has 0 aromatic carbocycles. The van der Waals surface area contributed by atoms with Gasteiger partial charge in [-0.15, -0.1) is 0 Å². The first-order valence-electron chi connectivity index (χ1n) is 6.16. The van der Waals surface area contributed by atoms with E-state index < -0.39 is 0 Å². The Kier molecular flexibility index (Phi) is 5.91. The minimum atomic E-state index is -0.329. The van der Waals surface area contributed by atoms with Gasteiger partial charge in [-0.2, -0.15) is 0 Å². The fourth-order valence-electron chi connectivity index (χ4n) is 1.50. The molecule has 0 fully saturated rings.